The second-order valence-electron chi connectivity index (χ2n) is 6.27. The fourth-order valence-electron chi connectivity index (χ4n) is 3.24. The molecule has 0 N–H and O–H groups in total. The van der Waals surface area contributed by atoms with Crippen LogP contribution in [0.25, 0.3) is 16.7 Å². The molecule has 7 nitrogen and oxygen atoms in total. The number of carbonyl (C=O) groups excluding carboxylic acids is 1. The maximum absolute atomic E-state index is 12.4. The smallest absolute Gasteiger partial charge is 0.242 e. The van der Waals surface area contributed by atoms with Crippen molar-refractivity contribution in [3.05, 3.63) is 42.9 Å². The average Bonchev–Trinajstić information content (AvgIpc) is 3.32. The zero-order valence-electron chi connectivity index (χ0n) is 14.2. The van der Waals surface area contributed by atoms with Gasteiger partial charge in [0.15, 0.2) is 5.65 Å². The van der Waals surface area contributed by atoms with Crippen molar-refractivity contribution in [1.82, 2.24) is 24.6 Å². The summed E-state index contributed by atoms with van der Waals surface area (Å²) in [5.74, 6) is 0.863. The van der Waals surface area contributed by atoms with Crippen LogP contribution in [-0.2, 0) is 4.79 Å². The lowest BCUT2D eigenvalue weighted by molar-refractivity contribution is -0.128. The highest BCUT2D eigenvalue weighted by Gasteiger charge is 2.21. The number of anilines is 1. The van der Waals surface area contributed by atoms with Gasteiger partial charge < -0.3 is 9.80 Å². The first kappa shape index (κ1) is 15.6. The van der Waals surface area contributed by atoms with Crippen molar-refractivity contribution >= 4 is 22.8 Å². The third-order valence-electron chi connectivity index (χ3n) is 4.54. The van der Waals surface area contributed by atoms with Crippen LogP contribution in [0.5, 0.6) is 0 Å². The van der Waals surface area contributed by atoms with Gasteiger partial charge in [0.05, 0.1) is 23.8 Å². The van der Waals surface area contributed by atoms with E-state index in [0.717, 1.165) is 48.5 Å². The van der Waals surface area contributed by atoms with Gasteiger partial charge in [-0.1, -0.05) is 18.2 Å². The quantitative estimate of drug-likeness (QED) is 0.728. The van der Waals surface area contributed by atoms with Crippen molar-refractivity contribution in [2.75, 3.05) is 31.6 Å². The molecule has 3 aromatic rings. The first-order valence-corrected chi connectivity index (χ1v) is 8.47. The van der Waals surface area contributed by atoms with Crippen LogP contribution >= 0.6 is 0 Å². The van der Waals surface area contributed by atoms with E-state index in [2.05, 4.69) is 15.1 Å². The van der Waals surface area contributed by atoms with E-state index in [1.807, 2.05) is 47.2 Å². The van der Waals surface area contributed by atoms with E-state index in [1.165, 1.54) is 6.33 Å². The maximum Gasteiger partial charge on any atom is 0.242 e. The normalized spacial score (nSPS) is 14.2. The third-order valence-corrected chi connectivity index (χ3v) is 4.54. The number of likely N-dealkylation sites (N-methyl/N-ethyl adjacent to an activating group) is 1. The standard InChI is InChI=1S/C18H20N6O/c1-22(12-16(25)23-9-5-6-10-23)17-15-11-21-24(18(15)20-13-19-17)14-7-3-2-4-8-14/h2-4,7-8,11,13H,5-6,9-10,12H2,1H3. The van der Waals surface area contributed by atoms with Crippen molar-refractivity contribution < 1.29 is 4.79 Å². The highest BCUT2D eigenvalue weighted by atomic mass is 16.2. The Hall–Kier alpha value is -2.96. The predicted molar refractivity (Wildman–Crippen MR) is 95.7 cm³/mol. The molecule has 0 atom stereocenters. The molecule has 0 radical (unpaired) electrons. The van der Waals surface area contributed by atoms with Gasteiger partial charge in [-0.3, -0.25) is 4.79 Å². The Bertz CT molecular complexity index is 885. The van der Waals surface area contributed by atoms with Gasteiger partial charge in [-0.2, -0.15) is 5.10 Å². The summed E-state index contributed by atoms with van der Waals surface area (Å²) in [5, 5.41) is 5.29. The van der Waals surface area contributed by atoms with E-state index in [4.69, 9.17) is 0 Å². The molecule has 1 saturated heterocycles. The summed E-state index contributed by atoms with van der Waals surface area (Å²) < 4.78 is 1.79. The Morgan fingerprint density at radius 3 is 2.68 bits per heavy atom. The van der Waals surface area contributed by atoms with E-state index in [-0.39, 0.29) is 5.91 Å². The van der Waals surface area contributed by atoms with Crippen molar-refractivity contribution in [1.29, 1.82) is 0 Å². The van der Waals surface area contributed by atoms with Gasteiger partial charge >= 0.3 is 0 Å². The van der Waals surface area contributed by atoms with Gasteiger partial charge in [0.2, 0.25) is 5.91 Å². The number of nitrogens with zero attached hydrogens (tertiary/aromatic N) is 6. The number of rotatable bonds is 4. The molecule has 3 heterocycles. The molecule has 1 aliphatic rings. The number of hydrogen-bond acceptors (Lipinski definition) is 5. The molecular formula is C18H20N6O. The highest BCUT2D eigenvalue weighted by Crippen LogP contribution is 2.24. The molecule has 0 bridgehead atoms. The molecule has 2 aromatic heterocycles. The van der Waals surface area contributed by atoms with Crippen LogP contribution < -0.4 is 4.90 Å². The number of para-hydroxylation sites is 1. The number of fused-ring (bicyclic) bond motifs is 1. The lowest BCUT2D eigenvalue weighted by atomic mass is 10.3. The summed E-state index contributed by atoms with van der Waals surface area (Å²) in [6, 6.07) is 9.86. The van der Waals surface area contributed by atoms with Crippen molar-refractivity contribution in [3.63, 3.8) is 0 Å². The van der Waals surface area contributed by atoms with E-state index >= 15 is 0 Å². The molecule has 0 aliphatic carbocycles. The highest BCUT2D eigenvalue weighted by molar-refractivity contribution is 5.90. The van der Waals surface area contributed by atoms with Crippen LogP contribution in [0, 0.1) is 0 Å². The minimum Gasteiger partial charge on any atom is -0.350 e. The zero-order chi connectivity index (χ0) is 17.2. The lowest BCUT2D eigenvalue weighted by Crippen LogP contribution is -2.37. The fraction of sp³-hybridized carbons (Fsp3) is 0.333. The third kappa shape index (κ3) is 2.93. The molecule has 0 saturated carbocycles. The SMILES string of the molecule is CN(CC(=O)N1CCCC1)c1ncnc2c1cnn2-c1ccccc1. The van der Waals surface area contributed by atoms with E-state index < -0.39 is 0 Å². The Morgan fingerprint density at radius 2 is 1.92 bits per heavy atom. The van der Waals surface area contributed by atoms with Gasteiger partial charge in [0, 0.05) is 20.1 Å². The van der Waals surface area contributed by atoms with Gasteiger partial charge in [-0.05, 0) is 25.0 Å². The number of hydrogen-bond donors (Lipinski definition) is 0. The molecule has 7 heteroatoms. The van der Waals surface area contributed by atoms with Crippen LogP contribution in [0.1, 0.15) is 12.8 Å². The lowest BCUT2D eigenvalue weighted by Gasteiger charge is -2.22. The molecule has 0 unspecified atom stereocenters. The molecule has 1 aliphatic heterocycles. The first-order chi connectivity index (χ1) is 12.2. The Morgan fingerprint density at radius 1 is 1.16 bits per heavy atom. The molecule has 1 fully saturated rings. The number of aromatic nitrogens is 4. The molecule has 0 spiro atoms. The second-order valence-corrected chi connectivity index (χ2v) is 6.27. The Kier molecular flexibility index (Phi) is 4.05. The van der Waals surface area contributed by atoms with Crippen molar-refractivity contribution in [3.8, 4) is 5.69 Å². The Labute approximate surface area is 145 Å². The zero-order valence-corrected chi connectivity index (χ0v) is 14.2. The largest absolute Gasteiger partial charge is 0.350 e. The summed E-state index contributed by atoms with van der Waals surface area (Å²) in [6.45, 7) is 2.03. The summed E-state index contributed by atoms with van der Waals surface area (Å²) in [5.41, 5.74) is 1.68. The molecule has 25 heavy (non-hydrogen) atoms. The van der Waals surface area contributed by atoms with Crippen LogP contribution in [0.15, 0.2) is 42.9 Å². The summed E-state index contributed by atoms with van der Waals surface area (Å²) >= 11 is 0. The average molecular weight is 336 g/mol. The molecule has 128 valence electrons. The monoisotopic (exact) mass is 336 g/mol. The van der Waals surface area contributed by atoms with Gasteiger partial charge in [0.25, 0.3) is 0 Å². The van der Waals surface area contributed by atoms with Crippen molar-refractivity contribution in [2.45, 2.75) is 12.8 Å². The Balaban J connectivity index is 1.64. The molecular weight excluding hydrogens is 316 g/mol. The van der Waals surface area contributed by atoms with E-state index in [0.29, 0.717) is 6.54 Å². The predicted octanol–water partition coefficient (Wildman–Crippen LogP) is 1.87. The molecule has 1 amide bonds. The topological polar surface area (TPSA) is 67.2 Å². The van der Waals surface area contributed by atoms with Crippen molar-refractivity contribution in [2.24, 2.45) is 0 Å². The number of amides is 1. The second kappa shape index (κ2) is 6.51. The van der Waals surface area contributed by atoms with Crippen LogP contribution in [0.3, 0.4) is 0 Å². The minimum atomic E-state index is 0.141. The summed E-state index contributed by atoms with van der Waals surface area (Å²) in [6.07, 6.45) is 5.47. The molecule has 1 aromatic carbocycles. The van der Waals surface area contributed by atoms with Crippen LogP contribution in [-0.4, -0.2) is 57.2 Å². The number of benzene rings is 1. The van der Waals surface area contributed by atoms with Gasteiger partial charge in [0.1, 0.15) is 12.1 Å². The summed E-state index contributed by atoms with van der Waals surface area (Å²) in [7, 11) is 1.88. The first-order valence-electron chi connectivity index (χ1n) is 8.47. The number of likely N-dealkylation sites (tertiary alicyclic amines) is 1. The fourth-order valence-corrected chi connectivity index (χ4v) is 3.24. The van der Waals surface area contributed by atoms with Crippen LogP contribution in [0.4, 0.5) is 5.82 Å². The minimum absolute atomic E-state index is 0.141. The van der Waals surface area contributed by atoms with Gasteiger partial charge in [-0.15, -0.1) is 0 Å². The summed E-state index contributed by atoms with van der Waals surface area (Å²) in [4.78, 5) is 25.0. The number of carbonyl (C=O) groups is 1. The molecule has 4 rings (SSSR count). The maximum atomic E-state index is 12.4. The van der Waals surface area contributed by atoms with E-state index in [9.17, 15) is 4.79 Å². The van der Waals surface area contributed by atoms with E-state index in [1.54, 1.807) is 10.9 Å². The van der Waals surface area contributed by atoms with Gasteiger partial charge in [-0.25, -0.2) is 14.6 Å². The van der Waals surface area contributed by atoms with Crippen LogP contribution in [0.2, 0.25) is 0 Å².